The molecule has 0 heterocycles. The van der Waals surface area contributed by atoms with Crippen LogP contribution in [-0.4, -0.2) is 50.0 Å². The zero-order valence-electron chi connectivity index (χ0n) is 10.2. The number of rotatable bonds is 11. The standard InChI is InChI=1S/C11H20BrNO4/c1-2-16-6-7-17-9-11(15)13-5-3-4-10(14)8-12/h2-9H2,1H3,(H,13,15). The molecule has 0 aliphatic carbocycles. The minimum Gasteiger partial charge on any atom is -0.379 e. The highest BCUT2D eigenvalue weighted by atomic mass is 79.9. The van der Waals surface area contributed by atoms with Crippen molar-refractivity contribution in [3.8, 4) is 0 Å². The van der Waals surface area contributed by atoms with Gasteiger partial charge in [0.15, 0.2) is 0 Å². The Labute approximate surface area is 110 Å². The second-order valence-corrected chi connectivity index (χ2v) is 3.94. The molecule has 0 aliphatic rings. The maximum atomic E-state index is 11.2. The quantitative estimate of drug-likeness (QED) is 0.455. The number of carbonyl (C=O) groups excluding carboxylic acids is 2. The Bertz CT molecular complexity index is 224. The molecule has 0 rings (SSSR count). The van der Waals surface area contributed by atoms with Gasteiger partial charge in [-0.25, -0.2) is 0 Å². The summed E-state index contributed by atoms with van der Waals surface area (Å²) in [6, 6.07) is 0. The average Bonchev–Trinajstić information content (AvgIpc) is 2.34. The second-order valence-electron chi connectivity index (χ2n) is 3.38. The summed E-state index contributed by atoms with van der Waals surface area (Å²) in [5.74, 6) is -0.0139. The van der Waals surface area contributed by atoms with Crippen LogP contribution in [0.15, 0.2) is 0 Å². The summed E-state index contributed by atoms with van der Waals surface area (Å²) in [5, 5.41) is 3.06. The average molecular weight is 310 g/mol. The summed E-state index contributed by atoms with van der Waals surface area (Å²) >= 11 is 3.08. The van der Waals surface area contributed by atoms with Crippen molar-refractivity contribution in [1.29, 1.82) is 0 Å². The third-order valence-electron chi connectivity index (χ3n) is 1.91. The maximum absolute atomic E-state index is 11.2. The molecule has 6 heteroatoms. The molecule has 0 radical (unpaired) electrons. The van der Waals surface area contributed by atoms with Crippen LogP contribution in [0.25, 0.3) is 0 Å². The molecule has 0 atom stereocenters. The van der Waals surface area contributed by atoms with Crippen molar-refractivity contribution < 1.29 is 19.1 Å². The van der Waals surface area contributed by atoms with Gasteiger partial charge >= 0.3 is 0 Å². The highest BCUT2D eigenvalue weighted by Crippen LogP contribution is 1.93. The van der Waals surface area contributed by atoms with Crippen molar-refractivity contribution in [3.05, 3.63) is 0 Å². The lowest BCUT2D eigenvalue weighted by atomic mass is 10.2. The molecule has 0 saturated heterocycles. The first kappa shape index (κ1) is 16.5. The molecule has 0 unspecified atom stereocenters. The van der Waals surface area contributed by atoms with Gasteiger partial charge in [0.2, 0.25) is 5.91 Å². The Balaban J connectivity index is 3.26. The van der Waals surface area contributed by atoms with Crippen LogP contribution >= 0.6 is 15.9 Å². The fourth-order valence-electron chi connectivity index (χ4n) is 1.06. The summed E-state index contributed by atoms with van der Waals surface area (Å²) in [7, 11) is 0. The van der Waals surface area contributed by atoms with Gasteiger partial charge in [0.1, 0.15) is 12.4 Å². The molecule has 0 spiro atoms. The Morgan fingerprint density at radius 2 is 1.94 bits per heavy atom. The van der Waals surface area contributed by atoms with Crippen LogP contribution in [-0.2, 0) is 19.1 Å². The van der Waals surface area contributed by atoms with Gasteiger partial charge in [0, 0.05) is 19.6 Å². The van der Waals surface area contributed by atoms with E-state index in [1.165, 1.54) is 0 Å². The van der Waals surface area contributed by atoms with Crippen molar-refractivity contribution in [3.63, 3.8) is 0 Å². The molecule has 0 fully saturated rings. The monoisotopic (exact) mass is 309 g/mol. The third kappa shape index (κ3) is 11.8. The number of halogens is 1. The van der Waals surface area contributed by atoms with Gasteiger partial charge in [-0.3, -0.25) is 9.59 Å². The summed E-state index contributed by atoms with van der Waals surface area (Å²) < 4.78 is 10.1. The third-order valence-corrected chi connectivity index (χ3v) is 2.54. The molecule has 17 heavy (non-hydrogen) atoms. The van der Waals surface area contributed by atoms with Crippen LogP contribution in [0.4, 0.5) is 0 Å². The smallest absolute Gasteiger partial charge is 0.245 e. The Morgan fingerprint density at radius 1 is 1.24 bits per heavy atom. The van der Waals surface area contributed by atoms with Gasteiger partial charge in [0.05, 0.1) is 18.5 Å². The van der Waals surface area contributed by atoms with Crippen molar-refractivity contribution in [1.82, 2.24) is 5.32 Å². The van der Waals surface area contributed by atoms with Crippen molar-refractivity contribution in [2.24, 2.45) is 0 Å². The lowest BCUT2D eigenvalue weighted by Crippen LogP contribution is -2.29. The fourth-order valence-corrected chi connectivity index (χ4v) is 1.34. The minimum atomic E-state index is -0.159. The summed E-state index contributed by atoms with van der Waals surface area (Å²) in [5.41, 5.74) is 0. The van der Waals surface area contributed by atoms with Crippen LogP contribution < -0.4 is 5.32 Å². The number of alkyl halides is 1. The van der Waals surface area contributed by atoms with Gasteiger partial charge in [0.25, 0.3) is 0 Å². The number of nitrogens with one attached hydrogen (secondary N) is 1. The van der Waals surface area contributed by atoms with E-state index in [-0.39, 0.29) is 18.3 Å². The van der Waals surface area contributed by atoms with E-state index in [1.54, 1.807) is 0 Å². The predicted molar refractivity (Wildman–Crippen MR) is 68.4 cm³/mol. The van der Waals surface area contributed by atoms with Crippen molar-refractivity contribution in [2.75, 3.05) is 38.3 Å². The first-order valence-corrected chi connectivity index (χ1v) is 6.82. The lowest BCUT2D eigenvalue weighted by Gasteiger charge is -2.05. The van der Waals surface area contributed by atoms with Crippen LogP contribution in [0.3, 0.4) is 0 Å². The van der Waals surface area contributed by atoms with Crippen LogP contribution in [0, 0.1) is 0 Å². The second kappa shape index (κ2) is 12.0. The summed E-state index contributed by atoms with van der Waals surface area (Å²) in [4.78, 5) is 22.1. The summed E-state index contributed by atoms with van der Waals surface area (Å²) in [6.45, 7) is 4.02. The van der Waals surface area contributed by atoms with Gasteiger partial charge in [-0.2, -0.15) is 0 Å². The molecule has 1 N–H and O–H groups in total. The number of hydrogen-bond acceptors (Lipinski definition) is 4. The minimum absolute atomic E-state index is 0.0411. The van der Waals surface area contributed by atoms with Gasteiger partial charge in [-0.1, -0.05) is 15.9 Å². The Morgan fingerprint density at radius 3 is 2.59 bits per heavy atom. The van der Waals surface area contributed by atoms with E-state index in [1.807, 2.05) is 6.92 Å². The highest BCUT2D eigenvalue weighted by molar-refractivity contribution is 9.09. The van der Waals surface area contributed by atoms with Gasteiger partial charge < -0.3 is 14.8 Å². The van der Waals surface area contributed by atoms with E-state index in [0.717, 1.165) is 0 Å². The molecule has 0 bridgehead atoms. The summed E-state index contributed by atoms with van der Waals surface area (Å²) in [6.07, 6.45) is 1.14. The molecule has 0 aromatic carbocycles. The van der Waals surface area contributed by atoms with E-state index < -0.39 is 0 Å². The molecular weight excluding hydrogens is 290 g/mol. The molecule has 5 nitrogen and oxygen atoms in total. The van der Waals surface area contributed by atoms with Crippen LogP contribution in [0.5, 0.6) is 0 Å². The van der Waals surface area contributed by atoms with Crippen molar-refractivity contribution >= 4 is 27.6 Å². The first-order chi connectivity index (χ1) is 8.20. The van der Waals surface area contributed by atoms with E-state index in [4.69, 9.17) is 9.47 Å². The number of Topliss-reactive ketones (excluding diaryl/α,β-unsaturated/α-hetero) is 1. The molecule has 1 amide bonds. The molecular formula is C11H20BrNO4. The van der Waals surface area contributed by atoms with Gasteiger partial charge in [-0.05, 0) is 13.3 Å². The van der Waals surface area contributed by atoms with Crippen molar-refractivity contribution in [2.45, 2.75) is 19.8 Å². The van der Waals surface area contributed by atoms with E-state index in [9.17, 15) is 9.59 Å². The molecule has 0 aromatic heterocycles. The lowest BCUT2D eigenvalue weighted by molar-refractivity contribution is -0.126. The number of hydrogen-bond donors (Lipinski definition) is 1. The first-order valence-electron chi connectivity index (χ1n) is 5.70. The number of ether oxygens (including phenoxy) is 2. The van der Waals surface area contributed by atoms with E-state index >= 15 is 0 Å². The van der Waals surface area contributed by atoms with Gasteiger partial charge in [-0.15, -0.1) is 0 Å². The van der Waals surface area contributed by atoms with Crippen LogP contribution in [0.1, 0.15) is 19.8 Å². The number of ketones is 1. The predicted octanol–water partition coefficient (Wildman–Crippen LogP) is 0.900. The molecule has 0 saturated carbocycles. The molecule has 0 aliphatic heterocycles. The zero-order valence-corrected chi connectivity index (χ0v) is 11.8. The fraction of sp³-hybridized carbons (Fsp3) is 0.818. The SMILES string of the molecule is CCOCCOCC(=O)NCCCC(=O)CBr. The molecule has 100 valence electrons. The zero-order chi connectivity index (χ0) is 12.9. The Kier molecular flexibility index (Phi) is 11.7. The molecule has 0 aromatic rings. The van der Waals surface area contributed by atoms with Crippen LogP contribution in [0.2, 0.25) is 0 Å². The van der Waals surface area contributed by atoms with E-state index in [2.05, 4.69) is 21.2 Å². The number of carbonyl (C=O) groups is 2. The van der Waals surface area contributed by atoms with E-state index in [0.29, 0.717) is 44.5 Å². The Hall–Kier alpha value is -0.460. The maximum Gasteiger partial charge on any atom is 0.245 e. The topological polar surface area (TPSA) is 64.6 Å². The largest absolute Gasteiger partial charge is 0.379 e. The number of amides is 1. The highest BCUT2D eigenvalue weighted by Gasteiger charge is 2.02. The normalized spacial score (nSPS) is 10.2.